The Morgan fingerprint density at radius 1 is 1.48 bits per heavy atom. The van der Waals surface area contributed by atoms with Crippen LogP contribution in [0.5, 0.6) is 0 Å². The smallest absolute Gasteiger partial charge is 0.246 e. The predicted octanol–water partition coefficient (Wildman–Crippen LogP) is 1.50. The van der Waals surface area contributed by atoms with Crippen LogP contribution in [0.15, 0.2) is 16.5 Å². The molecule has 0 bridgehead atoms. The monoisotopic (exact) mass is 289 g/mol. The Morgan fingerprint density at radius 2 is 2.33 bits per heavy atom. The molecule has 1 saturated heterocycles. The summed E-state index contributed by atoms with van der Waals surface area (Å²) in [4.78, 5) is 15.4. The highest BCUT2D eigenvalue weighted by molar-refractivity contribution is 5.75. The molecule has 3 rings (SSSR count). The van der Waals surface area contributed by atoms with E-state index in [4.69, 9.17) is 4.42 Å². The van der Waals surface area contributed by atoms with Crippen molar-refractivity contribution in [1.29, 1.82) is 0 Å². The van der Waals surface area contributed by atoms with Crippen molar-refractivity contribution >= 4 is 5.91 Å². The van der Waals surface area contributed by atoms with Crippen LogP contribution < -0.4 is 0 Å². The van der Waals surface area contributed by atoms with E-state index in [1.54, 1.807) is 6.07 Å². The summed E-state index contributed by atoms with van der Waals surface area (Å²) in [6, 6.07) is 3.64. The lowest BCUT2D eigenvalue weighted by Gasteiger charge is -2.30. The third-order valence-corrected chi connectivity index (χ3v) is 3.70. The Kier molecular flexibility index (Phi) is 3.72. The van der Waals surface area contributed by atoms with Gasteiger partial charge in [0.05, 0.1) is 0 Å². The third kappa shape index (κ3) is 3.12. The number of piperidine rings is 1. The summed E-state index contributed by atoms with van der Waals surface area (Å²) >= 11 is 0. The standard InChI is InChI=1S/C14H19N5O2/c1-10-4-3-7-18(8-10)13(20)9-19-16-14(15-17-19)12-6-5-11(2)21-12/h5-6,10H,3-4,7-9H2,1-2H3/t10-/m0/s1. The Hall–Kier alpha value is -2.18. The number of nitrogens with zero attached hydrogens (tertiary/aromatic N) is 5. The van der Waals surface area contributed by atoms with Crippen LogP contribution in [0, 0.1) is 12.8 Å². The van der Waals surface area contributed by atoms with Gasteiger partial charge in [-0.25, -0.2) is 0 Å². The molecule has 2 aromatic rings. The first-order valence-electron chi connectivity index (χ1n) is 7.24. The molecule has 7 nitrogen and oxygen atoms in total. The molecular formula is C14H19N5O2. The molecule has 7 heteroatoms. The SMILES string of the molecule is Cc1ccc(-c2nnn(CC(=O)N3CCC[C@H](C)C3)n2)o1. The zero-order chi connectivity index (χ0) is 14.8. The molecule has 21 heavy (non-hydrogen) atoms. The topological polar surface area (TPSA) is 77.1 Å². The fourth-order valence-electron chi connectivity index (χ4n) is 2.60. The number of furan rings is 1. The Bertz CT molecular complexity index is 633. The second-order valence-corrected chi connectivity index (χ2v) is 5.64. The Labute approximate surface area is 122 Å². The van der Waals surface area contributed by atoms with Crippen LogP contribution in [0.1, 0.15) is 25.5 Å². The van der Waals surface area contributed by atoms with Crippen molar-refractivity contribution in [2.75, 3.05) is 13.1 Å². The molecule has 1 amide bonds. The van der Waals surface area contributed by atoms with Gasteiger partial charge in [-0.15, -0.1) is 10.2 Å². The number of aryl methyl sites for hydroxylation is 1. The summed E-state index contributed by atoms with van der Waals surface area (Å²) in [6.45, 7) is 5.79. The lowest BCUT2D eigenvalue weighted by molar-refractivity contribution is -0.134. The van der Waals surface area contributed by atoms with E-state index >= 15 is 0 Å². The maximum atomic E-state index is 12.2. The number of carbonyl (C=O) groups excluding carboxylic acids is 1. The van der Waals surface area contributed by atoms with Gasteiger partial charge in [0.15, 0.2) is 5.76 Å². The molecular weight excluding hydrogens is 270 g/mol. The van der Waals surface area contributed by atoms with E-state index in [0.29, 0.717) is 17.5 Å². The minimum atomic E-state index is 0.0427. The number of hydrogen-bond acceptors (Lipinski definition) is 5. The number of amides is 1. The van der Waals surface area contributed by atoms with Gasteiger partial charge in [-0.1, -0.05) is 6.92 Å². The van der Waals surface area contributed by atoms with Gasteiger partial charge in [0.1, 0.15) is 12.3 Å². The van der Waals surface area contributed by atoms with Gasteiger partial charge in [0, 0.05) is 13.1 Å². The second-order valence-electron chi connectivity index (χ2n) is 5.64. The number of rotatable bonds is 3. The van der Waals surface area contributed by atoms with Crippen molar-refractivity contribution in [2.24, 2.45) is 5.92 Å². The molecule has 0 radical (unpaired) electrons. The molecule has 1 aliphatic heterocycles. The first-order chi connectivity index (χ1) is 10.1. The fourth-order valence-corrected chi connectivity index (χ4v) is 2.60. The van der Waals surface area contributed by atoms with Gasteiger partial charge in [0.25, 0.3) is 0 Å². The van der Waals surface area contributed by atoms with E-state index in [1.165, 1.54) is 11.2 Å². The second kappa shape index (κ2) is 5.67. The number of aromatic nitrogens is 4. The highest BCUT2D eigenvalue weighted by Crippen LogP contribution is 2.17. The third-order valence-electron chi connectivity index (χ3n) is 3.70. The molecule has 0 N–H and O–H groups in total. The first kappa shape index (κ1) is 13.8. The summed E-state index contributed by atoms with van der Waals surface area (Å²) in [5, 5.41) is 12.1. The van der Waals surface area contributed by atoms with Crippen LogP contribution in [0.4, 0.5) is 0 Å². The van der Waals surface area contributed by atoms with Gasteiger partial charge < -0.3 is 9.32 Å². The minimum absolute atomic E-state index is 0.0427. The average molecular weight is 289 g/mol. The molecule has 112 valence electrons. The minimum Gasteiger partial charge on any atom is -0.458 e. The highest BCUT2D eigenvalue weighted by Gasteiger charge is 2.22. The lowest BCUT2D eigenvalue weighted by atomic mass is 10.0. The Morgan fingerprint density at radius 3 is 3.05 bits per heavy atom. The first-order valence-corrected chi connectivity index (χ1v) is 7.24. The highest BCUT2D eigenvalue weighted by atomic mass is 16.3. The summed E-state index contributed by atoms with van der Waals surface area (Å²) in [6.07, 6.45) is 2.25. The van der Waals surface area contributed by atoms with Crippen molar-refractivity contribution < 1.29 is 9.21 Å². The number of carbonyl (C=O) groups is 1. The van der Waals surface area contributed by atoms with Crippen molar-refractivity contribution in [3.63, 3.8) is 0 Å². The van der Waals surface area contributed by atoms with E-state index in [1.807, 2.05) is 17.9 Å². The molecule has 0 unspecified atom stereocenters. The number of tetrazole rings is 1. The van der Waals surface area contributed by atoms with Crippen LogP contribution in [0.3, 0.4) is 0 Å². The molecule has 1 fully saturated rings. The summed E-state index contributed by atoms with van der Waals surface area (Å²) in [7, 11) is 0. The van der Waals surface area contributed by atoms with Crippen molar-refractivity contribution in [3.05, 3.63) is 17.9 Å². The van der Waals surface area contributed by atoms with Gasteiger partial charge in [-0.3, -0.25) is 4.79 Å². The average Bonchev–Trinajstić information content (AvgIpc) is 3.07. The molecule has 0 saturated carbocycles. The maximum Gasteiger partial charge on any atom is 0.246 e. The van der Waals surface area contributed by atoms with Gasteiger partial charge in [0.2, 0.25) is 11.7 Å². The zero-order valence-electron chi connectivity index (χ0n) is 12.3. The molecule has 0 aromatic carbocycles. The maximum absolute atomic E-state index is 12.2. The predicted molar refractivity (Wildman–Crippen MR) is 75.2 cm³/mol. The largest absolute Gasteiger partial charge is 0.458 e. The molecule has 1 atom stereocenters. The van der Waals surface area contributed by atoms with Crippen LogP contribution in [0.25, 0.3) is 11.6 Å². The van der Waals surface area contributed by atoms with Gasteiger partial charge >= 0.3 is 0 Å². The summed E-state index contributed by atoms with van der Waals surface area (Å²) in [5.41, 5.74) is 0. The van der Waals surface area contributed by atoms with Crippen LogP contribution >= 0.6 is 0 Å². The van der Waals surface area contributed by atoms with Crippen molar-refractivity contribution in [2.45, 2.75) is 33.2 Å². The summed E-state index contributed by atoms with van der Waals surface area (Å²) in [5.74, 6) is 2.37. The fraction of sp³-hybridized carbons (Fsp3) is 0.571. The van der Waals surface area contributed by atoms with Crippen molar-refractivity contribution in [3.8, 4) is 11.6 Å². The lowest BCUT2D eigenvalue weighted by Crippen LogP contribution is -2.41. The molecule has 0 spiro atoms. The van der Waals surface area contributed by atoms with Crippen LogP contribution in [-0.4, -0.2) is 44.1 Å². The van der Waals surface area contributed by atoms with E-state index in [9.17, 15) is 4.79 Å². The molecule has 1 aliphatic rings. The number of likely N-dealkylation sites (tertiary alicyclic amines) is 1. The van der Waals surface area contributed by atoms with Crippen LogP contribution in [0.2, 0.25) is 0 Å². The normalized spacial score (nSPS) is 19.0. The van der Waals surface area contributed by atoms with Gasteiger partial charge in [-0.2, -0.15) is 4.80 Å². The van der Waals surface area contributed by atoms with Crippen LogP contribution in [-0.2, 0) is 11.3 Å². The summed E-state index contributed by atoms with van der Waals surface area (Å²) < 4.78 is 5.44. The molecule has 3 heterocycles. The molecule has 0 aliphatic carbocycles. The van der Waals surface area contributed by atoms with E-state index in [0.717, 1.165) is 25.3 Å². The quantitative estimate of drug-likeness (QED) is 0.855. The van der Waals surface area contributed by atoms with Crippen molar-refractivity contribution in [1.82, 2.24) is 25.1 Å². The van der Waals surface area contributed by atoms with E-state index in [-0.39, 0.29) is 12.5 Å². The molecule has 2 aromatic heterocycles. The van der Waals surface area contributed by atoms with Gasteiger partial charge in [-0.05, 0) is 43.0 Å². The van der Waals surface area contributed by atoms with E-state index < -0.39 is 0 Å². The van der Waals surface area contributed by atoms with E-state index in [2.05, 4.69) is 22.3 Å². The zero-order valence-corrected chi connectivity index (χ0v) is 12.3. The number of hydrogen-bond donors (Lipinski definition) is 0. The Balaban J connectivity index is 1.65.